The first-order valence-electron chi connectivity index (χ1n) is 8.64. The van der Waals surface area contributed by atoms with Crippen molar-refractivity contribution in [1.29, 1.82) is 0 Å². The summed E-state index contributed by atoms with van der Waals surface area (Å²) in [7, 11) is 0. The summed E-state index contributed by atoms with van der Waals surface area (Å²) in [4.78, 5) is 20.8. The van der Waals surface area contributed by atoms with E-state index < -0.39 is 6.10 Å². The third-order valence-corrected chi connectivity index (χ3v) is 4.26. The Balaban J connectivity index is 1.51. The fraction of sp³-hybridized carbons (Fsp3) is 0.500. The number of aryl methyl sites for hydroxylation is 1. The Bertz CT molecular complexity index is 693. The third-order valence-electron chi connectivity index (χ3n) is 4.26. The molecule has 0 unspecified atom stereocenters. The number of rotatable bonds is 6. The summed E-state index contributed by atoms with van der Waals surface area (Å²) < 4.78 is 13.1. The number of nitrogens with zero attached hydrogens (tertiary/aromatic N) is 3. The van der Waals surface area contributed by atoms with E-state index >= 15 is 0 Å². The van der Waals surface area contributed by atoms with E-state index in [9.17, 15) is 4.79 Å². The maximum absolute atomic E-state index is 12.2. The molecule has 1 aliphatic rings. The number of anilines is 1. The highest BCUT2D eigenvalue weighted by atomic mass is 16.5. The van der Waals surface area contributed by atoms with Crippen LogP contribution in [0.2, 0.25) is 0 Å². The number of imidazole rings is 1. The highest BCUT2D eigenvalue weighted by Crippen LogP contribution is 2.15. The number of aromatic nitrogens is 3. The minimum Gasteiger partial charge on any atom is -0.376 e. The smallest absolute Gasteiger partial charge is 0.253 e. The Morgan fingerprint density at radius 1 is 1.44 bits per heavy atom. The molecule has 3 heterocycles. The van der Waals surface area contributed by atoms with Crippen molar-refractivity contribution in [3.05, 3.63) is 36.5 Å². The molecule has 7 heteroatoms. The zero-order valence-corrected chi connectivity index (χ0v) is 14.6. The zero-order chi connectivity index (χ0) is 17.6. The number of carbonyl (C=O) groups is 1. The molecule has 0 spiro atoms. The zero-order valence-electron chi connectivity index (χ0n) is 14.6. The summed E-state index contributed by atoms with van der Waals surface area (Å²) in [5.41, 5.74) is 0.635. The Morgan fingerprint density at radius 2 is 2.32 bits per heavy atom. The molecule has 2 atom stereocenters. The van der Waals surface area contributed by atoms with Gasteiger partial charge in [0.25, 0.3) is 5.91 Å². The SMILES string of the molecule is Cc1nccn1-c1ccc(NC(=O)[C@@H](C)OC[C@@H]2CCCCO2)cn1. The van der Waals surface area contributed by atoms with Gasteiger partial charge in [-0.15, -0.1) is 0 Å². The van der Waals surface area contributed by atoms with Crippen molar-refractivity contribution in [1.82, 2.24) is 14.5 Å². The summed E-state index contributed by atoms with van der Waals surface area (Å²) in [6.07, 6.45) is 8.01. The summed E-state index contributed by atoms with van der Waals surface area (Å²) in [5.74, 6) is 1.42. The molecule has 1 fully saturated rings. The lowest BCUT2D eigenvalue weighted by atomic mass is 10.1. The van der Waals surface area contributed by atoms with Crippen LogP contribution in [0.1, 0.15) is 32.0 Å². The lowest BCUT2D eigenvalue weighted by Gasteiger charge is -2.23. The maximum atomic E-state index is 12.2. The summed E-state index contributed by atoms with van der Waals surface area (Å²) in [6, 6.07) is 3.66. The average Bonchev–Trinajstić information content (AvgIpc) is 3.07. The van der Waals surface area contributed by atoms with Gasteiger partial charge in [0.05, 0.1) is 24.6 Å². The van der Waals surface area contributed by atoms with Gasteiger partial charge in [-0.05, 0) is 45.2 Å². The number of ether oxygens (including phenoxy) is 2. The first-order valence-corrected chi connectivity index (χ1v) is 8.64. The van der Waals surface area contributed by atoms with Crippen molar-refractivity contribution in [3.63, 3.8) is 0 Å². The molecule has 0 aromatic carbocycles. The predicted molar refractivity (Wildman–Crippen MR) is 93.7 cm³/mol. The summed E-state index contributed by atoms with van der Waals surface area (Å²) >= 11 is 0. The van der Waals surface area contributed by atoms with Gasteiger partial charge in [0.15, 0.2) is 0 Å². The van der Waals surface area contributed by atoms with Crippen LogP contribution in [0.4, 0.5) is 5.69 Å². The molecule has 3 rings (SSSR count). The van der Waals surface area contributed by atoms with Crippen molar-refractivity contribution in [2.24, 2.45) is 0 Å². The fourth-order valence-electron chi connectivity index (χ4n) is 2.73. The highest BCUT2D eigenvalue weighted by Gasteiger charge is 2.19. The van der Waals surface area contributed by atoms with Crippen LogP contribution in [0.25, 0.3) is 5.82 Å². The molecular weight excluding hydrogens is 320 g/mol. The number of hydrogen-bond donors (Lipinski definition) is 1. The molecule has 1 N–H and O–H groups in total. The van der Waals surface area contributed by atoms with Gasteiger partial charge in [-0.3, -0.25) is 9.36 Å². The normalized spacial score (nSPS) is 18.7. The van der Waals surface area contributed by atoms with Crippen LogP contribution in [0.5, 0.6) is 0 Å². The number of amides is 1. The standard InChI is InChI=1S/C18H24N4O3/c1-13(25-12-16-5-3-4-10-24-16)18(23)21-15-6-7-17(20-11-15)22-9-8-19-14(22)2/h6-9,11,13,16H,3-5,10,12H2,1-2H3,(H,21,23)/t13-,16+/m1/s1. The summed E-state index contributed by atoms with van der Waals surface area (Å²) in [5, 5.41) is 2.82. The lowest BCUT2D eigenvalue weighted by molar-refractivity contribution is -0.130. The fourth-order valence-corrected chi connectivity index (χ4v) is 2.73. The minimum absolute atomic E-state index is 0.100. The quantitative estimate of drug-likeness (QED) is 0.871. The number of hydrogen-bond acceptors (Lipinski definition) is 5. The molecule has 7 nitrogen and oxygen atoms in total. The number of nitrogens with one attached hydrogen (secondary N) is 1. The largest absolute Gasteiger partial charge is 0.376 e. The molecule has 2 aromatic heterocycles. The maximum Gasteiger partial charge on any atom is 0.253 e. The molecule has 25 heavy (non-hydrogen) atoms. The minimum atomic E-state index is -0.541. The molecule has 0 aliphatic carbocycles. The Hall–Kier alpha value is -2.25. The van der Waals surface area contributed by atoms with E-state index in [-0.39, 0.29) is 12.0 Å². The van der Waals surface area contributed by atoms with Gasteiger partial charge in [-0.2, -0.15) is 0 Å². The molecule has 1 saturated heterocycles. The number of carbonyl (C=O) groups excluding carboxylic acids is 1. The molecule has 0 radical (unpaired) electrons. The van der Waals surface area contributed by atoms with E-state index in [0.717, 1.165) is 37.5 Å². The molecule has 1 aliphatic heterocycles. The van der Waals surface area contributed by atoms with Crippen LogP contribution in [-0.4, -0.2) is 45.9 Å². The van der Waals surface area contributed by atoms with Crippen molar-refractivity contribution in [3.8, 4) is 5.82 Å². The second kappa shape index (κ2) is 8.22. The second-order valence-corrected chi connectivity index (χ2v) is 6.20. The molecule has 0 saturated carbocycles. The van der Waals surface area contributed by atoms with Gasteiger partial charge < -0.3 is 14.8 Å². The second-order valence-electron chi connectivity index (χ2n) is 6.20. The van der Waals surface area contributed by atoms with Crippen molar-refractivity contribution in [2.45, 2.75) is 45.3 Å². The van der Waals surface area contributed by atoms with Crippen LogP contribution >= 0.6 is 0 Å². The van der Waals surface area contributed by atoms with E-state index in [4.69, 9.17) is 9.47 Å². The van der Waals surface area contributed by atoms with Gasteiger partial charge in [0.2, 0.25) is 0 Å². The predicted octanol–water partition coefficient (Wildman–Crippen LogP) is 2.49. The van der Waals surface area contributed by atoms with E-state index in [2.05, 4.69) is 15.3 Å². The molecule has 134 valence electrons. The summed E-state index contributed by atoms with van der Waals surface area (Å²) in [6.45, 7) is 4.88. The highest BCUT2D eigenvalue weighted by molar-refractivity contribution is 5.93. The first-order chi connectivity index (χ1) is 12.1. The Kier molecular flexibility index (Phi) is 5.78. The van der Waals surface area contributed by atoms with Gasteiger partial charge in [0.1, 0.15) is 17.7 Å². The van der Waals surface area contributed by atoms with E-state index in [0.29, 0.717) is 12.3 Å². The third kappa shape index (κ3) is 4.64. The first kappa shape index (κ1) is 17.6. The number of pyridine rings is 1. The lowest BCUT2D eigenvalue weighted by Crippen LogP contribution is -2.32. The van der Waals surface area contributed by atoms with Gasteiger partial charge in [-0.25, -0.2) is 9.97 Å². The monoisotopic (exact) mass is 344 g/mol. The van der Waals surface area contributed by atoms with Crippen LogP contribution in [0.15, 0.2) is 30.7 Å². The molecular formula is C18H24N4O3. The van der Waals surface area contributed by atoms with Crippen molar-refractivity contribution in [2.75, 3.05) is 18.5 Å². The van der Waals surface area contributed by atoms with Gasteiger partial charge >= 0.3 is 0 Å². The van der Waals surface area contributed by atoms with E-state index in [1.54, 1.807) is 19.3 Å². The van der Waals surface area contributed by atoms with Gasteiger partial charge in [0, 0.05) is 19.0 Å². The molecule has 1 amide bonds. The Morgan fingerprint density at radius 3 is 2.96 bits per heavy atom. The van der Waals surface area contributed by atoms with Gasteiger partial charge in [-0.1, -0.05) is 0 Å². The van der Waals surface area contributed by atoms with Crippen LogP contribution < -0.4 is 5.32 Å². The van der Waals surface area contributed by atoms with Crippen LogP contribution in [0, 0.1) is 6.92 Å². The Labute approximate surface area is 147 Å². The molecule has 2 aromatic rings. The topological polar surface area (TPSA) is 78.3 Å². The van der Waals surface area contributed by atoms with Crippen molar-refractivity contribution >= 4 is 11.6 Å². The van der Waals surface area contributed by atoms with Crippen LogP contribution in [-0.2, 0) is 14.3 Å². The van der Waals surface area contributed by atoms with Crippen molar-refractivity contribution < 1.29 is 14.3 Å². The molecule has 0 bridgehead atoms. The van der Waals surface area contributed by atoms with E-state index in [1.165, 1.54) is 0 Å². The van der Waals surface area contributed by atoms with E-state index in [1.807, 2.05) is 29.8 Å². The van der Waals surface area contributed by atoms with Crippen LogP contribution in [0.3, 0.4) is 0 Å². The average molecular weight is 344 g/mol.